The molecule has 4 aromatic heterocycles. The largest absolute Gasteiger partial charge is 0.457 e. The van der Waals surface area contributed by atoms with E-state index in [1.807, 2.05) is 156 Å². The molecule has 0 fully saturated rings. The third-order valence-corrected chi connectivity index (χ3v) is 10.6. The van der Waals surface area contributed by atoms with Crippen molar-refractivity contribution >= 4 is 67.9 Å². The normalized spacial score (nSPS) is 10.8. The number of aromatic nitrogens is 4. The zero-order chi connectivity index (χ0) is 44.7. The van der Waals surface area contributed by atoms with Gasteiger partial charge in [0.05, 0.1) is 11.0 Å². The zero-order valence-corrected chi connectivity index (χ0v) is 35.1. The van der Waals surface area contributed by atoms with Crippen LogP contribution in [0.5, 0.6) is 23.0 Å². The van der Waals surface area contributed by atoms with Crippen molar-refractivity contribution in [1.82, 2.24) is 15.0 Å². The predicted molar refractivity (Wildman–Crippen MR) is 258 cm³/mol. The second kappa shape index (κ2) is 18.5. The van der Waals surface area contributed by atoms with Crippen LogP contribution in [0.25, 0.3) is 27.5 Å². The molecule has 0 bridgehead atoms. The Bertz CT molecular complexity index is 3380. The van der Waals surface area contributed by atoms with Crippen LogP contribution in [-0.2, 0) is 0 Å². The Morgan fingerprint density at radius 2 is 1.00 bits per heavy atom. The molecule has 0 unspecified atom stereocenters. The van der Waals surface area contributed by atoms with Gasteiger partial charge in [-0.25, -0.2) is 4.98 Å². The van der Waals surface area contributed by atoms with E-state index >= 15 is 0 Å². The van der Waals surface area contributed by atoms with Gasteiger partial charge in [-0.1, -0.05) is 54.6 Å². The summed E-state index contributed by atoms with van der Waals surface area (Å²) in [6.45, 7) is 0. The highest BCUT2D eigenvalue weighted by Gasteiger charge is 2.14. The molecule has 10 rings (SSSR count). The number of hydrogen-bond donors (Lipinski definition) is 4. The second-order valence-corrected chi connectivity index (χ2v) is 15.1. The molecule has 0 spiro atoms. The lowest BCUT2D eigenvalue weighted by Crippen LogP contribution is -2.28. The standard InChI is InChI=1S/C54H38N8O4/c63-53(36-9-6-11-38(31-36)58-50-22-27-55-48-18-5-4-17-46(48)50)60-40-13-8-16-44(33-40)66-43-24-29-62(30-25-43)41-19-20-49-47(34-41)51(23-28-56-49)59-39-12-7-10-37(32-39)54(64)61-52-35-45(21-26-57-52)65-42-14-2-1-3-15-42/h1-35H,(H3-,55,56,57,58,59,60,61,63,64)/p+1. The van der Waals surface area contributed by atoms with Gasteiger partial charge in [0.15, 0.2) is 12.4 Å². The molecule has 2 amide bonds. The summed E-state index contributed by atoms with van der Waals surface area (Å²) in [4.78, 5) is 40.1. The summed E-state index contributed by atoms with van der Waals surface area (Å²) in [6.07, 6.45) is 8.94. The maximum Gasteiger partial charge on any atom is 0.256 e. The molecule has 0 radical (unpaired) electrons. The average molecular weight is 864 g/mol. The molecule has 318 valence electrons. The van der Waals surface area contributed by atoms with Crippen LogP contribution in [-0.4, -0.2) is 26.8 Å². The summed E-state index contributed by atoms with van der Waals surface area (Å²) in [5.41, 5.74) is 7.39. The van der Waals surface area contributed by atoms with Crippen LogP contribution >= 0.6 is 0 Å². The topological polar surface area (TPSA) is 143 Å². The quantitative estimate of drug-likeness (QED) is 0.0833. The molecule has 12 heteroatoms. The van der Waals surface area contributed by atoms with Crippen molar-refractivity contribution in [2.45, 2.75) is 0 Å². The van der Waals surface area contributed by atoms with Crippen molar-refractivity contribution in [3.05, 3.63) is 224 Å². The van der Waals surface area contributed by atoms with Crippen LogP contribution in [0.3, 0.4) is 0 Å². The summed E-state index contributed by atoms with van der Waals surface area (Å²) in [5.74, 6) is 2.24. The molecule has 0 atom stereocenters. The van der Waals surface area contributed by atoms with Crippen LogP contribution in [0, 0.1) is 0 Å². The Morgan fingerprint density at radius 3 is 1.74 bits per heavy atom. The molecular weight excluding hydrogens is 825 g/mol. The van der Waals surface area contributed by atoms with Crippen LogP contribution < -0.4 is 35.3 Å². The van der Waals surface area contributed by atoms with Crippen molar-refractivity contribution in [3.8, 4) is 28.7 Å². The lowest BCUT2D eigenvalue weighted by atomic mass is 10.1. The Labute approximate surface area is 379 Å². The third kappa shape index (κ3) is 9.48. The van der Waals surface area contributed by atoms with Gasteiger partial charge in [-0.3, -0.25) is 19.6 Å². The van der Waals surface area contributed by atoms with E-state index in [2.05, 4.69) is 42.3 Å². The molecule has 0 saturated heterocycles. The van der Waals surface area contributed by atoms with Crippen molar-refractivity contribution in [2.75, 3.05) is 21.3 Å². The lowest BCUT2D eigenvalue weighted by Gasteiger charge is -2.12. The number of hydrogen-bond acceptors (Lipinski definition) is 9. The lowest BCUT2D eigenvalue weighted by molar-refractivity contribution is -0.595. The third-order valence-electron chi connectivity index (χ3n) is 10.6. The van der Waals surface area contributed by atoms with Crippen LogP contribution in [0.2, 0.25) is 0 Å². The van der Waals surface area contributed by atoms with Gasteiger partial charge in [-0.2, -0.15) is 4.57 Å². The number of nitrogens with zero attached hydrogens (tertiary/aromatic N) is 4. The first-order valence-electron chi connectivity index (χ1n) is 21.0. The fourth-order valence-corrected chi connectivity index (χ4v) is 7.38. The van der Waals surface area contributed by atoms with Crippen molar-refractivity contribution in [3.63, 3.8) is 0 Å². The first-order chi connectivity index (χ1) is 32.5. The van der Waals surface area contributed by atoms with Crippen molar-refractivity contribution in [1.29, 1.82) is 0 Å². The number of fused-ring (bicyclic) bond motifs is 2. The van der Waals surface area contributed by atoms with E-state index in [1.165, 1.54) is 0 Å². The summed E-state index contributed by atoms with van der Waals surface area (Å²) in [7, 11) is 0. The molecule has 4 N–H and O–H groups in total. The minimum atomic E-state index is -0.310. The summed E-state index contributed by atoms with van der Waals surface area (Å²) < 4.78 is 14.1. The molecule has 66 heavy (non-hydrogen) atoms. The molecule has 0 aliphatic heterocycles. The monoisotopic (exact) mass is 863 g/mol. The maximum absolute atomic E-state index is 13.4. The molecule has 10 aromatic rings. The minimum Gasteiger partial charge on any atom is -0.457 e. The fraction of sp³-hybridized carbons (Fsp3) is 0. The highest BCUT2D eigenvalue weighted by molar-refractivity contribution is 6.06. The number of rotatable bonds is 13. The van der Waals surface area contributed by atoms with Crippen LogP contribution in [0.4, 0.5) is 34.3 Å². The van der Waals surface area contributed by atoms with E-state index in [1.54, 1.807) is 55.0 Å². The van der Waals surface area contributed by atoms with Crippen molar-refractivity contribution in [2.24, 2.45) is 0 Å². The SMILES string of the molecule is O=C(Nc1cccc(Oc2cc[n+](-c3ccc4nccc(Nc5cccc(C(=O)Nc6cc(Oc7ccccc7)ccn6)c5)c4c3)cc2)c1)c1cccc(Nc2ccnc3ccccc23)c1. The number of nitrogens with one attached hydrogen (secondary N) is 4. The van der Waals surface area contributed by atoms with Crippen LogP contribution in [0.1, 0.15) is 20.7 Å². The molecule has 4 heterocycles. The van der Waals surface area contributed by atoms with E-state index in [-0.39, 0.29) is 11.8 Å². The molecule has 0 aliphatic carbocycles. The van der Waals surface area contributed by atoms with Gasteiger partial charge < -0.3 is 30.7 Å². The number of carbonyl (C=O) groups is 2. The summed E-state index contributed by atoms with van der Waals surface area (Å²) in [6, 6.07) is 56.2. The van der Waals surface area contributed by atoms with Gasteiger partial charge in [0, 0.05) is 105 Å². The van der Waals surface area contributed by atoms with E-state index in [9.17, 15) is 9.59 Å². The zero-order valence-electron chi connectivity index (χ0n) is 35.1. The second-order valence-electron chi connectivity index (χ2n) is 15.1. The highest BCUT2D eigenvalue weighted by atomic mass is 16.5. The average Bonchev–Trinajstić information content (AvgIpc) is 3.35. The van der Waals surface area contributed by atoms with Gasteiger partial charge in [0.2, 0.25) is 5.69 Å². The van der Waals surface area contributed by atoms with Gasteiger partial charge in [0.25, 0.3) is 11.8 Å². The number of para-hydroxylation sites is 2. The fourth-order valence-electron chi connectivity index (χ4n) is 7.38. The smallest absolute Gasteiger partial charge is 0.256 e. The number of ether oxygens (including phenoxy) is 2. The summed E-state index contributed by atoms with van der Waals surface area (Å²) >= 11 is 0. The van der Waals surface area contributed by atoms with E-state index in [0.29, 0.717) is 45.6 Å². The number of carbonyl (C=O) groups excluding carboxylic acids is 2. The van der Waals surface area contributed by atoms with Gasteiger partial charge >= 0.3 is 0 Å². The Morgan fingerprint density at radius 1 is 0.424 bits per heavy atom. The van der Waals surface area contributed by atoms with E-state index in [4.69, 9.17) is 9.47 Å². The Kier molecular flexibility index (Phi) is 11.4. The van der Waals surface area contributed by atoms with Crippen molar-refractivity contribution < 1.29 is 23.6 Å². The Hall–Kier alpha value is -9.42. The number of benzene rings is 6. The van der Waals surface area contributed by atoms with Gasteiger partial charge in [0.1, 0.15) is 28.8 Å². The molecular formula is C54H39N8O4+. The molecule has 12 nitrogen and oxygen atoms in total. The molecule has 6 aromatic carbocycles. The minimum absolute atomic E-state index is 0.248. The first-order valence-corrected chi connectivity index (χ1v) is 21.0. The summed E-state index contributed by atoms with van der Waals surface area (Å²) in [5, 5.41) is 14.7. The molecule has 0 aliphatic rings. The van der Waals surface area contributed by atoms with E-state index in [0.717, 1.165) is 50.2 Å². The van der Waals surface area contributed by atoms with Crippen LogP contribution in [0.15, 0.2) is 213 Å². The number of amides is 2. The number of anilines is 6. The maximum atomic E-state index is 13.4. The Balaban J connectivity index is 0.786. The van der Waals surface area contributed by atoms with Gasteiger partial charge in [-0.15, -0.1) is 0 Å². The van der Waals surface area contributed by atoms with E-state index < -0.39 is 0 Å². The highest BCUT2D eigenvalue weighted by Crippen LogP contribution is 2.30. The number of pyridine rings is 4. The predicted octanol–water partition coefficient (Wildman–Crippen LogP) is 12.0. The van der Waals surface area contributed by atoms with Gasteiger partial charge in [-0.05, 0) is 91.0 Å². The molecule has 0 saturated carbocycles. The first kappa shape index (κ1) is 40.6.